The van der Waals surface area contributed by atoms with E-state index in [2.05, 4.69) is 126 Å². The predicted molar refractivity (Wildman–Crippen MR) is 337 cm³/mol. The molecule has 0 saturated carbocycles. The Balaban J connectivity index is 0.000000252. The lowest BCUT2D eigenvalue weighted by atomic mass is 9.89. The molecule has 2 aliphatic heterocycles. The molecule has 2 fully saturated rings. The average molecular weight is 1180 g/mol. The first-order chi connectivity index (χ1) is 40.3. The Morgan fingerprint density at radius 1 is 0.571 bits per heavy atom. The van der Waals surface area contributed by atoms with Crippen LogP contribution in [0.1, 0.15) is 80.4 Å². The predicted octanol–water partition coefficient (Wildman–Crippen LogP) is 11.2. The maximum Gasteiger partial charge on any atom is 0.416 e. The van der Waals surface area contributed by atoms with Crippen molar-refractivity contribution < 1.29 is 57.5 Å². The van der Waals surface area contributed by atoms with Crippen LogP contribution >= 0.6 is 0 Å². The van der Waals surface area contributed by atoms with E-state index in [0.717, 1.165) is 24.0 Å². The minimum absolute atomic E-state index is 0.100. The van der Waals surface area contributed by atoms with Crippen LogP contribution in [0.2, 0.25) is 10.1 Å². The zero-order valence-corrected chi connectivity index (χ0v) is 53.1. The third-order valence-corrected chi connectivity index (χ3v) is 25.9. The molecule has 16 heteroatoms. The first kappa shape index (κ1) is 67.9. The molecule has 450 valence electrons. The largest absolute Gasteiger partial charge is 0.447 e. The van der Waals surface area contributed by atoms with Gasteiger partial charge in [-0.25, -0.2) is 14.5 Å². The molecule has 2 saturated heterocycles. The van der Waals surface area contributed by atoms with Gasteiger partial charge in [-0.15, -0.1) is 0 Å². The highest BCUT2D eigenvalue weighted by Gasteiger charge is 2.52. The SMILES string of the molecule is C/C=C(\C)N1C(=O)OC[C@@H]1Cc1ccccc1.CO[C@@H](CO[Si](c1ccccc1)(c1ccccc1)C(C)(C)C)[C@@H](C)[C@H](C)C(=O)N1C(=O)OC[C@@H]1Cc1ccccc1.CO[C@H](C=O)CO[Si](c1ccccc1)(c1ccccc1)C(C)(C)C.OO. The van der Waals surface area contributed by atoms with Crippen molar-refractivity contribution in [3.8, 4) is 0 Å². The van der Waals surface area contributed by atoms with E-state index < -0.39 is 34.7 Å². The molecule has 2 aliphatic rings. The summed E-state index contributed by atoms with van der Waals surface area (Å²) in [6, 6.07) is 61.5. The minimum atomic E-state index is -2.78. The summed E-state index contributed by atoms with van der Waals surface area (Å²) in [6.07, 6.45) is 2.41. The highest BCUT2D eigenvalue weighted by Crippen LogP contribution is 2.39. The molecule has 0 radical (unpaired) electrons. The van der Waals surface area contributed by atoms with Crippen LogP contribution in [0.25, 0.3) is 0 Å². The van der Waals surface area contributed by atoms with Crippen LogP contribution in [0, 0.1) is 11.8 Å². The normalized spacial score (nSPS) is 16.9. The van der Waals surface area contributed by atoms with E-state index in [1.54, 1.807) is 12.0 Å². The molecule has 14 nitrogen and oxygen atoms in total. The molecule has 3 amide bonds. The third kappa shape index (κ3) is 16.7. The number of cyclic esters (lactones) is 2. The Hall–Kier alpha value is -6.87. The highest BCUT2D eigenvalue weighted by atomic mass is 28.4. The number of carbonyl (C=O) groups is 4. The molecule has 2 heterocycles. The van der Waals surface area contributed by atoms with Crippen molar-refractivity contribution in [3.05, 3.63) is 205 Å². The number of amides is 3. The van der Waals surface area contributed by atoms with E-state index >= 15 is 0 Å². The second-order valence-corrected chi connectivity index (χ2v) is 31.7. The standard InChI is InChI=1S/C34H43NO5Si.C20H26O3Si.C14H17NO2.H2O2/c1-25(26(2)32(36)35-28(23-39-33(35)37)22-27-16-10-7-11-17-27)31(38-6)24-40-41(34(3,4)5,29-18-12-8-13-19-29)30-20-14-9-15-21-30;1-20(2,3)24(18-11-7-5-8-12-18,19-13-9-6-10-14-19)23-16-17(15-21)22-4;1-3-11(2)15-13(10-17-14(15)16)9-12-7-5-4-6-8-12;1-2/h7-21,25-26,28,31H,22-24H2,1-6H3;5-15,17H,16H2,1-4H3;3-8,13H,9-10H2,1-2H3;1-2H/b;;11-3+;/t25-,26-,28-,31-;17-;13-;/m010./s1. The van der Waals surface area contributed by atoms with Crippen molar-refractivity contribution >= 4 is 61.8 Å². The van der Waals surface area contributed by atoms with Crippen molar-refractivity contribution in [2.45, 2.75) is 116 Å². The molecule has 8 rings (SSSR count). The fourth-order valence-electron chi connectivity index (χ4n) is 11.1. The van der Waals surface area contributed by atoms with E-state index in [9.17, 15) is 19.2 Å². The second kappa shape index (κ2) is 32.4. The maximum absolute atomic E-state index is 13.8. The molecule has 0 aliphatic carbocycles. The highest BCUT2D eigenvalue weighted by molar-refractivity contribution is 7.00. The Morgan fingerprint density at radius 2 is 0.905 bits per heavy atom. The lowest BCUT2D eigenvalue weighted by Crippen LogP contribution is -2.67. The van der Waals surface area contributed by atoms with Gasteiger partial charge in [0.2, 0.25) is 5.91 Å². The van der Waals surface area contributed by atoms with Gasteiger partial charge in [-0.1, -0.05) is 243 Å². The summed E-state index contributed by atoms with van der Waals surface area (Å²) in [4.78, 5) is 52.3. The number of aldehydes is 1. The number of rotatable bonds is 21. The van der Waals surface area contributed by atoms with Crippen molar-refractivity contribution in [2.75, 3.05) is 40.6 Å². The molecule has 6 atom stereocenters. The summed E-state index contributed by atoms with van der Waals surface area (Å²) in [5.41, 5.74) is 3.24. The number of hydrogen-bond acceptors (Lipinski definition) is 12. The van der Waals surface area contributed by atoms with Gasteiger partial charge >= 0.3 is 12.2 Å². The summed E-state index contributed by atoms with van der Waals surface area (Å²) in [6.45, 7) is 22.3. The first-order valence-corrected chi connectivity index (χ1v) is 32.5. The molecule has 0 bridgehead atoms. The molecular weight excluding hydrogens is 1090 g/mol. The lowest BCUT2D eigenvalue weighted by molar-refractivity contribution is -0.176. The van der Waals surface area contributed by atoms with E-state index in [1.165, 1.54) is 38.3 Å². The van der Waals surface area contributed by atoms with Crippen LogP contribution in [-0.4, -0.2) is 126 Å². The summed E-state index contributed by atoms with van der Waals surface area (Å²) < 4.78 is 35.4. The van der Waals surface area contributed by atoms with Crippen LogP contribution < -0.4 is 20.7 Å². The van der Waals surface area contributed by atoms with Gasteiger partial charge in [0.05, 0.1) is 31.4 Å². The zero-order chi connectivity index (χ0) is 61.5. The smallest absolute Gasteiger partial charge is 0.416 e. The van der Waals surface area contributed by atoms with Crippen LogP contribution in [-0.2, 0) is 50.2 Å². The van der Waals surface area contributed by atoms with E-state index in [-0.39, 0.29) is 59.4 Å². The summed E-state index contributed by atoms with van der Waals surface area (Å²) in [5.74, 6) is -0.934. The number of ether oxygens (including phenoxy) is 4. The molecule has 6 aromatic carbocycles. The summed E-state index contributed by atoms with van der Waals surface area (Å²) >= 11 is 0. The van der Waals surface area contributed by atoms with Crippen molar-refractivity contribution in [1.82, 2.24) is 9.80 Å². The monoisotopic (exact) mass is 1180 g/mol. The number of allylic oxidation sites excluding steroid dienone is 2. The number of nitrogens with zero attached hydrogens (tertiary/aromatic N) is 2. The number of benzene rings is 6. The molecule has 0 spiro atoms. The molecule has 0 aromatic heterocycles. The summed E-state index contributed by atoms with van der Waals surface area (Å²) in [5, 5.41) is 16.5. The molecule has 84 heavy (non-hydrogen) atoms. The van der Waals surface area contributed by atoms with Gasteiger partial charge in [-0.2, -0.15) is 0 Å². The van der Waals surface area contributed by atoms with Gasteiger partial charge in [0.1, 0.15) is 19.3 Å². The van der Waals surface area contributed by atoms with Gasteiger partial charge in [-0.05, 0) is 74.6 Å². The average Bonchev–Trinajstić information content (AvgIpc) is 1.51. The first-order valence-electron chi connectivity index (χ1n) is 28.6. The Morgan fingerprint density at radius 3 is 1.23 bits per heavy atom. The fourth-order valence-corrected chi connectivity index (χ4v) is 20.3. The zero-order valence-electron chi connectivity index (χ0n) is 51.1. The Bertz CT molecular complexity index is 2870. The number of imide groups is 1. The maximum atomic E-state index is 13.8. The van der Waals surface area contributed by atoms with E-state index in [1.807, 2.05) is 131 Å². The lowest BCUT2D eigenvalue weighted by Gasteiger charge is -2.44. The van der Waals surface area contributed by atoms with E-state index in [4.69, 9.17) is 38.3 Å². The van der Waals surface area contributed by atoms with Crippen molar-refractivity contribution in [2.24, 2.45) is 11.8 Å². The van der Waals surface area contributed by atoms with Crippen LogP contribution in [0.5, 0.6) is 0 Å². The van der Waals surface area contributed by atoms with Gasteiger partial charge < -0.3 is 32.6 Å². The Labute approximate surface area is 500 Å². The Kier molecular flexibility index (Phi) is 26.2. The minimum Gasteiger partial charge on any atom is -0.447 e. The summed E-state index contributed by atoms with van der Waals surface area (Å²) in [7, 11) is -2.16. The number of hydrogen-bond donors (Lipinski definition) is 2. The number of carbonyl (C=O) groups excluding carboxylic acids is 4. The fraction of sp³-hybridized carbons (Fsp3) is 0.382. The molecule has 6 aromatic rings. The van der Waals surface area contributed by atoms with Crippen LogP contribution in [0.15, 0.2) is 194 Å². The van der Waals surface area contributed by atoms with E-state index in [0.29, 0.717) is 19.6 Å². The number of methoxy groups -OCH3 is 2. The topological polar surface area (TPSA) is 171 Å². The van der Waals surface area contributed by atoms with Crippen molar-refractivity contribution in [3.63, 3.8) is 0 Å². The van der Waals surface area contributed by atoms with Crippen LogP contribution in [0.4, 0.5) is 9.59 Å². The van der Waals surface area contributed by atoms with Gasteiger partial charge in [-0.3, -0.25) is 20.2 Å². The van der Waals surface area contributed by atoms with Gasteiger partial charge in [0, 0.05) is 25.8 Å². The molecule has 0 unspecified atom stereocenters. The second-order valence-electron chi connectivity index (χ2n) is 23.1. The third-order valence-electron chi connectivity index (χ3n) is 15.9. The molecule has 2 N–H and O–H groups in total. The molecular formula is C68H88N2O12Si2. The van der Waals surface area contributed by atoms with Gasteiger partial charge in [0.15, 0.2) is 6.29 Å². The van der Waals surface area contributed by atoms with Crippen LogP contribution in [0.3, 0.4) is 0 Å². The quantitative estimate of drug-likeness (QED) is 0.0303. The van der Waals surface area contributed by atoms with Gasteiger partial charge in [0.25, 0.3) is 16.6 Å². The van der Waals surface area contributed by atoms with Crippen molar-refractivity contribution in [1.29, 1.82) is 0 Å².